The fourth-order valence-electron chi connectivity index (χ4n) is 2.80. The molecular weight excluding hydrogens is 553 g/mol. The van der Waals surface area contributed by atoms with Gasteiger partial charge in [-0.1, -0.05) is 19.1 Å². The number of benzene rings is 2. The molecule has 11 heteroatoms. The highest BCUT2D eigenvalue weighted by atomic mass is 127. The van der Waals surface area contributed by atoms with Crippen LogP contribution in [0.4, 0.5) is 15.3 Å². The molecule has 34 heavy (non-hydrogen) atoms. The van der Waals surface area contributed by atoms with Crippen LogP contribution in [0, 0.1) is 9.49 Å². The minimum absolute atomic E-state index is 0.0615. The van der Waals surface area contributed by atoms with Crippen LogP contribution in [0.1, 0.15) is 26.3 Å². The Labute approximate surface area is 212 Å². The van der Waals surface area contributed by atoms with Crippen LogP contribution in [0.15, 0.2) is 48.5 Å². The maximum atomic E-state index is 12.8. The Bertz CT molecular complexity index is 953. The number of carbonyl (C=O) groups is 3. The van der Waals surface area contributed by atoms with Crippen molar-refractivity contribution in [3.63, 3.8) is 0 Å². The highest BCUT2D eigenvalue weighted by molar-refractivity contribution is 14.1. The Balaban J connectivity index is 1.96. The van der Waals surface area contributed by atoms with E-state index in [0.717, 1.165) is 19.8 Å². The van der Waals surface area contributed by atoms with Crippen molar-refractivity contribution in [3.8, 4) is 5.75 Å². The quantitative estimate of drug-likeness (QED) is 0.192. The number of esters is 1. The largest absolute Gasteiger partial charge is 0.491 e. The lowest BCUT2D eigenvalue weighted by molar-refractivity contribution is -0.144. The number of nitrogens with zero attached hydrogens (tertiary/aromatic N) is 1. The van der Waals surface area contributed by atoms with Crippen molar-refractivity contribution in [3.05, 3.63) is 57.7 Å². The van der Waals surface area contributed by atoms with Crippen molar-refractivity contribution in [2.24, 2.45) is 5.92 Å². The van der Waals surface area contributed by atoms with E-state index in [-0.39, 0.29) is 19.2 Å². The summed E-state index contributed by atoms with van der Waals surface area (Å²) in [6, 6.07) is 13.3. The number of imide groups is 1. The number of urea groups is 2. The van der Waals surface area contributed by atoms with Gasteiger partial charge in [0.1, 0.15) is 5.75 Å². The molecular formula is C23H30IN5O5. The van der Waals surface area contributed by atoms with Crippen molar-refractivity contribution in [1.29, 1.82) is 0 Å². The third-order valence-corrected chi connectivity index (χ3v) is 5.23. The molecule has 2 rings (SSSR count). The minimum atomic E-state index is -0.747. The van der Waals surface area contributed by atoms with E-state index in [0.29, 0.717) is 5.69 Å². The number of halogens is 1. The van der Waals surface area contributed by atoms with Crippen LogP contribution in [0.2, 0.25) is 0 Å². The molecule has 10 nitrogen and oxygen atoms in total. The molecule has 0 heterocycles. The third-order valence-electron chi connectivity index (χ3n) is 4.51. The van der Waals surface area contributed by atoms with E-state index in [4.69, 9.17) is 9.47 Å². The number of anilines is 1. The molecule has 2 aromatic rings. The molecule has 0 aliphatic carbocycles. The molecule has 0 radical (unpaired) electrons. The zero-order valence-corrected chi connectivity index (χ0v) is 21.7. The molecule has 0 bridgehead atoms. The first kappa shape index (κ1) is 27.2. The Kier molecular flexibility index (Phi) is 10.9. The van der Waals surface area contributed by atoms with Crippen LogP contribution >= 0.6 is 22.6 Å². The van der Waals surface area contributed by atoms with Crippen LogP contribution in [0.25, 0.3) is 0 Å². The summed E-state index contributed by atoms with van der Waals surface area (Å²) in [6.45, 7) is 5.51. The number of methoxy groups -OCH3 is 1. The lowest BCUT2D eigenvalue weighted by Gasteiger charge is -2.24. The topological polar surface area (TPSA) is 121 Å². The monoisotopic (exact) mass is 583 g/mol. The van der Waals surface area contributed by atoms with E-state index < -0.39 is 23.9 Å². The van der Waals surface area contributed by atoms with Crippen LogP contribution in [0.3, 0.4) is 0 Å². The number of hydrogen-bond donors (Lipinski definition) is 4. The van der Waals surface area contributed by atoms with Gasteiger partial charge in [0.15, 0.2) is 0 Å². The summed E-state index contributed by atoms with van der Waals surface area (Å²) in [4.78, 5) is 38.3. The van der Waals surface area contributed by atoms with Gasteiger partial charge >= 0.3 is 18.0 Å². The fourth-order valence-corrected chi connectivity index (χ4v) is 3.16. The van der Waals surface area contributed by atoms with Crippen LogP contribution < -0.4 is 26.4 Å². The molecule has 184 valence electrons. The molecule has 1 atom stereocenters. The summed E-state index contributed by atoms with van der Waals surface area (Å²) in [5.41, 5.74) is 9.32. The number of hydrazine groups is 2. The highest BCUT2D eigenvalue weighted by Crippen LogP contribution is 2.16. The molecule has 0 fully saturated rings. The van der Waals surface area contributed by atoms with Crippen molar-refractivity contribution in [2.45, 2.75) is 33.4 Å². The summed E-state index contributed by atoms with van der Waals surface area (Å²) in [6.07, 6.45) is 0.0615. The fraction of sp³-hybridized carbons (Fsp3) is 0.348. The van der Waals surface area contributed by atoms with Gasteiger partial charge in [-0.25, -0.2) is 14.5 Å². The second kappa shape index (κ2) is 13.6. The second-order valence-corrected chi connectivity index (χ2v) is 8.94. The van der Waals surface area contributed by atoms with Gasteiger partial charge < -0.3 is 20.2 Å². The first-order valence-electron chi connectivity index (χ1n) is 10.6. The molecule has 0 aliphatic rings. The molecule has 0 aromatic heterocycles. The standard InChI is InChI=1S/C23H30IN5O5/c1-15(2)34-20-11-9-19(10-12-20)26-28-27-23(32)29(14-16(3)21(30)33-4)22(31)25-13-17-5-7-18(24)8-6-17/h5-12,15-16,26,28H,13-14H2,1-4H3,(H,25,31)(H,27,32)/t16-/m0/s1. The Morgan fingerprint density at radius 1 is 0.971 bits per heavy atom. The van der Waals surface area contributed by atoms with Crippen molar-refractivity contribution in [1.82, 2.24) is 21.2 Å². The average Bonchev–Trinajstić information content (AvgIpc) is 2.81. The van der Waals surface area contributed by atoms with Gasteiger partial charge in [0.05, 0.1) is 24.8 Å². The molecule has 0 unspecified atom stereocenters. The first-order valence-corrected chi connectivity index (χ1v) is 11.7. The van der Waals surface area contributed by atoms with E-state index in [1.54, 1.807) is 31.2 Å². The molecule has 4 N–H and O–H groups in total. The van der Waals surface area contributed by atoms with Gasteiger partial charge in [-0.15, -0.1) is 5.53 Å². The zero-order valence-electron chi connectivity index (χ0n) is 19.6. The number of nitrogens with one attached hydrogen (secondary N) is 4. The minimum Gasteiger partial charge on any atom is -0.491 e. The molecule has 0 spiro atoms. The molecule has 2 aromatic carbocycles. The Hall–Kier alpha value is -3.06. The van der Waals surface area contributed by atoms with E-state index in [1.807, 2.05) is 38.1 Å². The zero-order chi connectivity index (χ0) is 25.1. The van der Waals surface area contributed by atoms with Gasteiger partial charge in [-0.05, 0) is 78.4 Å². The SMILES string of the molecule is COC(=O)[C@@H](C)CN(C(=O)NCc1ccc(I)cc1)C(=O)NNNc1ccc(OC(C)C)cc1. The maximum absolute atomic E-state index is 12.8. The number of carbonyl (C=O) groups excluding carboxylic acids is 3. The molecule has 4 amide bonds. The van der Waals surface area contributed by atoms with E-state index in [9.17, 15) is 14.4 Å². The van der Waals surface area contributed by atoms with Gasteiger partial charge in [0.25, 0.3) is 0 Å². The summed E-state index contributed by atoms with van der Waals surface area (Å²) in [7, 11) is 1.25. The molecule has 0 saturated carbocycles. The van der Waals surface area contributed by atoms with Crippen LogP contribution in [0.5, 0.6) is 5.75 Å². The smallest absolute Gasteiger partial charge is 0.341 e. The van der Waals surface area contributed by atoms with Gasteiger partial charge in [0, 0.05) is 16.7 Å². The summed E-state index contributed by atoms with van der Waals surface area (Å²) in [5, 5.41) is 2.70. The van der Waals surface area contributed by atoms with Crippen molar-refractivity contribution >= 4 is 46.3 Å². The van der Waals surface area contributed by atoms with Crippen molar-refractivity contribution < 1.29 is 23.9 Å². The Morgan fingerprint density at radius 3 is 2.21 bits per heavy atom. The second-order valence-electron chi connectivity index (χ2n) is 7.69. The Morgan fingerprint density at radius 2 is 1.62 bits per heavy atom. The normalized spacial score (nSPS) is 11.4. The summed E-state index contributed by atoms with van der Waals surface area (Å²) >= 11 is 2.19. The number of rotatable bonds is 10. The van der Waals surface area contributed by atoms with Crippen LogP contribution in [-0.4, -0.2) is 42.7 Å². The predicted molar refractivity (Wildman–Crippen MR) is 137 cm³/mol. The number of ether oxygens (including phenoxy) is 2. The number of hydrogen-bond acceptors (Lipinski definition) is 7. The lowest BCUT2D eigenvalue weighted by Crippen LogP contribution is -2.54. The van der Waals surface area contributed by atoms with E-state index >= 15 is 0 Å². The average molecular weight is 583 g/mol. The van der Waals surface area contributed by atoms with Gasteiger partial charge in [0.2, 0.25) is 0 Å². The van der Waals surface area contributed by atoms with E-state index in [1.165, 1.54) is 7.11 Å². The molecule has 0 aliphatic heterocycles. The maximum Gasteiger partial charge on any atom is 0.341 e. The summed E-state index contributed by atoms with van der Waals surface area (Å²) in [5.74, 6) is -0.517. The third kappa shape index (κ3) is 9.06. The number of amides is 4. The van der Waals surface area contributed by atoms with Crippen molar-refractivity contribution in [2.75, 3.05) is 19.1 Å². The van der Waals surface area contributed by atoms with E-state index in [2.05, 4.69) is 44.3 Å². The first-order chi connectivity index (χ1) is 16.2. The predicted octanol–water partition coefficient (Wildman–Crippen LogP) is 3.64. The van der Waals surface area contributed by atoms with Crippen LogP contribution in [-0.2, 0) is 16.1 Å². The van der Waals surface area contributed by atoms with Gasteiger partial charge in [-0.2, -0.15) is 0 Å². The summed E-state index contributed by atoms with van der Waals surface area (Å²) < 4.78 is 11.4. The molecule has 0 saturated heterocycles. The lowest BCUT2D eigenvalue weighted by atomic mass is 10.2. The van der Waals surface area contributed by atoms with Gasteiger partial charge in [-0.3, -0.25) is 10.2 Å². The highest BCUT2D eigenvalue weighted by Gasteiger charge is 2.26.